The summed E-state index contributed by atoms with van der Waals surface area (Å²) < 4.78 is 4.94. The smallest absolute Gasteiger partial charge is 0.194 e. The van der Waals surface area contributed by atoms with Gasteiger partial charge in [-0.3, -0.25) is 9.89 Å². The van der Waals surface area contributed by atoms with E-state index in [9.17, 15) is 0 Å². The quantitative estimate of drug-likeness (QED) is 0.628. The van der Waals surface area contributed by atoms with Gasteiger partial charge in [-0.05, 0) is 25.3 Å². The number of guanidine groups is 1. The Bertz CT molecular complexity index is 731. The summed E-state index contributed by atoms with van der Waals surface area (Å²) in [5, 5.41) is 7.51. The Morgan fingerprint density at radius 1 is 1.15 bits per heavy atom. The van der Waals surface area contributed by atoms with Gasteiger partial charge < -0.3 is 14.7 Å². The van der Waals surface area contributed by atoms with Crippen LogP contribution in [0, 0.1) is 0 Å². The number of piperazine rings is 1. The van der Waals surface area contributed by atoms with Gasteiger partial charge in [-0.2, -0.15) is 0 Å². The van der Waals surface area contributed by atoms with E-state index in [2.05, 4.69) is 57.5 Å². The summed E-state index contributed by atoms with van der Waals surface area (Å²) in [5.41, 5.74) is 2.70. The fourth-order valence-corrected chi connectivity index (χ4v) is 3.80. The molecule has 2 heterocycles. The number of hydrogen-bond acceptors (Lipinski definition) is 4. The monoisotopic (exact) mass is 367 g/mol. The average Bonchev–Trinajstić information content (AvgIpc) is 3.34. The maximum atomic E-state index is 5.03. The van der Waals surface area contributed by atoms with E-state index in [4.69, 9.17) is 9.52 Å². The highest BCUT2D eigenvalue weighted by Gasteiger charge is 2.44. The summed E-state index contributed by atoms with van der Waals surface area (Å²) in [6, 6.07) is 12.8. The minimum Gasteiger partial charge on any atom is -0.364 e. The topological polar surface area (TPSA) is 56.9 Å². The molecular weight excluding hydrogens is 338 g/mol. The highest BCUT2D eigenvalue weighted by atomic mass is 16.5. The molecule has 1 saturated heterocycles. The van der Waals surface area contributed by atoms with E-state index in [-0.39, 0.29) is 5.41 Å². The maximum absolute atomic E-state index is 5.03. The Labute approximate surface area is 161 Å². The average molecular weight is 367 g/mol. The zero-order valence-electron chi connectivity index (χ0n) is 16.1. The van der Waals surface area contributed by atoms with Crippen molar-refractivity contribution in [3.05, 3.63) is 53.9 Å². The molecule has 0 amide bonds. The van der Waals surface area contributed by atoms with Crippen LogP contribution >= 0.6 is 0 Å². The molecule has 0 bridgehead atoms. The van der Waals surface area contributed by atoms with Crippen molar-refractivity contribution < 1.29 is 4.52 Å². The molecule has 4 rings (SSSR count). The first-order valence-corrected chi connectivity index (χ1v) is 9.99. The fourth-order valence-electron chi connectivity index (χ4n) is 3.80. The van der Waals surface area contributed by atoms with Crippen molar-refractivity contribution in [3.8, 4) is 0 Å². The van der Waals surface area contributed by atoms with E-state index in [0.717, 1.165) is 57.5 Å². The van der Waals surface area contributed by atoms with Crippen molar-refractivity contribution in [1.82, 2.24) is 20.3 Å². The predicted octanol–water partition coefficient (Wildman–Crippen LogP) is 2.49. The molecule has 1 aliphatic heterocycles. The van der Waals surface area contributed by atoms with Gasteiger partial charge in [0.25, 0.3) is 0 Å². The third kappa shape index (κ3) is 4.33. The van der Waals surface area contributed by atoms with Crippen LogP contribution in [0.5, 0.6) is 0 Å². The van der Waals surface area contributed by atoms with Crippen molar-refractivity contribution in [2.75, 3.05) is 39.3 Å². The second-order valence-electron chi connectivity index (χ2n) is 7.57. The molecule has 6 nitrogen and oxygen atoms in total. The first-order valence-electron chi connectivity index (χ1n) is 9.99. The van der Waals surface area contributed by atoms with E-state index in [1.165, 1.54) is 18.4 Å². The van der Waals surface area contributed by atoms with Crippen LogP contribution in [-0.2, 0) is 12.0 Å². The van der Waals surface area contributed by atoms with Crippen LogP contribution in [0.4, 0.5) is 0 Å². The molecule has 1 aromatic heterocycles. The number of nitrogens with zero attached hydrogens (tertiary/aromatic N) is 4. The van der Waals surface area contributed by atoms with Gasteiger partial charge in [0, 0.05) is 50.7 Å². The molecule has 1 N–H and O–H groups in total. The highest BCUT2D eigenvalue weighted by Crippen LogP contribution is 2.48. The van der Waals surface area contributed by atoms with Gasteiger partial charge in [-0.25, -0.2) is 0 Å². The zero-order chi connectivity index (χ0) is 18.5. The Morgan fingerprint density at radius 2 is 1.93 bits per heavy atom. The largest absolute Gasteiger partial charge is 0.364 e. The number of rotatable bonds is 6. The molecule has 1 saturated carbocycles. The van der Waals surface area contributed by atoms with Crippen LogP contribution in [0.15, 0.2) is 52.2 Å². The number of hydrogen-bond donors (Lipinski definition) is 1. The lowest BCUT2D eigenvalue weighted by Gasteiger charge is -2.36. The highest BCUT2D eigenvalue weighted by molar-refractivity contribution is 5.80. The summed E-state index contributed by atoms with van der Waals surface area (Å²) in [4.78, 5) is 9.85. The van der Waals surface area contributed by atoms with E-state index in [0.29, 0.717) is 0 Å². The van der Waals surface area contributed by atoms with Gasteiger partial charge in [-0.1, -0.05) is 35.5 Å². The van der Waals surface area contributed by atoms with Gasteiger partial charge in [0.2, 0.25) is 0 Å². The molecule has 6 heteroatoms. The first-order chi connectivity index (χ1) is 13.3. The molecule has 0 spiro atoms. The molecule has 0 unspecified atom stereocenters. The van der Waals surface area contributed by atoms with Crippen LogP contribution < -0.4 is 5.32 Å². The van der Waals surface area contributed by atoms with E-state index in [1.807, 2.05) is 6.07 Å². The molecule has 1 aromatic carbocycles. The van der Waals surface area contributed by atoms with Gasteiger partial charge in [0.15, 0.2) is 5.96 Å². The second kappa shape index (κ2) is 8.13. The van der Waals surface area contributed by atoms with E-state index < -0.39 is 0 Å². The molecule has 1 aliphatic carbocycles. The molecule has 2 fully saturated rings. The zero-order valence-corrected chi connectivity index (χ0v) is 16.1. The number of aromatic nitrogens is 1. The Hall–Kier alpha value is -2.34. The maximum Gasteiger partial charge on any atom is 0.194 e. The minimum atomic E-state index is 0.261. The van der Waals surface area contributed by atoms with Crippen molar-refractivity contribution in [3.63, 3.8) is 0 Å². The summed E-state index contributed by atoms with van der Waals surface area (Å²) >= 11 is 0. The van der Waals surface area contributed by atoms with Crippen LogP contribution in [0.25, 0.3) is 0 Å². The van der Waals surface area contributed by atoms with Crippen LogP contribution in [-0.4, -0.2) is 60.2 Å². The van der Waals surface area contributed by atoms with Gasteiger partial charge in [-0.15, -0.1) is 0 Å². The van der Waals surface area contributed by atoms with Crippen molar-refractivity contribution in [2.24, 2.45) is 4.99 Å². The lowest BCUT2D eigenvalue weighted by molar-refractivity contribution is 0.169. The number of aliphatic imine (C=N–C) groups is 1. The summed E-state index contributed by atoms with van der Waals surface area (Å²) in [7, 11) is 0. The molecule has 144 valence electrons. The predicted molar refractivity (Wildman–Crippen MR) is 107 cm³/mol. The number of benzene rings is 1. The van der Waals surface area contributed by atoms with Crippen LogP contribution in [0.3, 0.4) is 0 Å². The van der Waals surface area contributed by atoms with Gasteiger partial charge >= 0.3 is 0 Å². The molecule has 2 aromatic rings. The second-order valence-corrected chi connectivity index (χ2v) is 7.57. The number of nitrogens with one attached hydrogen (secondary N) is 1. The minimum absolute atomic E-state index is 0.261. The fraction of sp³-hybridized carbons (Fsp3) is 0.524. The van der Waals surface area contributed by atoms with Crippen molar-refractivity contribution in [1.29, 1.82) is 0 Å². The molecule has 27 heavy (non-hydrogen) atoms. The normalized spacial score (nSPS) is 19.9. The third-order valence-corrected chi connectivity index (χ3v) is 5.65. The first kappa shape index (κ1) is 18.0. The Balaban J connectivity index is 1.36. The summed E-state index contributed by atoms with van der Waals surface area (Å²) in [6.45, 7) is 8.77. The van der Waals surface area contributed by atoms with Crippen molar-refractivity contribution >= 4 is 5.96 Å². The Kier molecular flexibility index (Phi) is 5.43. The van der Waals surface area contributed by atoms with Crippen LogP contribution in [0.2, 0.25) is 0 Å². The standard InChI is InChI=1S/C21H29N5O/c1-2-22-20(23-17-21(9-10-21)18-6-4-3-5-7-18)26-13-11-25(12-14-26)16-19-8-15-27-24-19/h3-8,15H,2,9-14,16-17H2,1H3,(H,22,23). The third-order valence-electron chi connectivity index (χ3n) is 5.65. The molecule has 0 radical (unpaired) electrons. The molecule has 0 atom stereocenters. The Morgan fingerprint density at radius 3 is 2.56 bits per heavy atom. The van der Waals surface area contributed by atoms with E-state index in [1.54, 1.807) is 6.26 Å². The summed E-state index contributed by atoms with van der Waals surface area (Å²) in [6.07, 6.45) is 4.12. The van der Waals surface area contributed by atoms with Gasteiger partial charge in [0.05, 0.1) is 12.2 Å². The van der Waals surface area contributed by atoms with Crippen molar-refractivity contribution in [2.45, 2.75) is 31.7 Å². The molecular formula is C21H29N5O. The molecule has 2 aliphatic rings. The SMILES string of the molecule is CCNC(=NCC1(c2ccccc2)CC1)N1CCN(Cc2ccon2)CC1. The van der Waals surface area contributed by atoms with Crippen LogP contribution in [0.1, 0.15) is 31.0 Å². The van der Waals surface area contributed by atoms with Gasteiger partial charge in [0.1, 0.15) is 6.26 Å². The summed E-state index contributed by atoms with van der Waals surface area (Å²) in [5.74, 6) is 1.06. The lowest BCUT2D eigenvalue weighted by atomic mass is 9.96. The van der Waals surface area contributed by atoms with E-state index >= 15 is 0 Å². The lowest BCUT2D eigenvalue weighted by Crippen LogP contribution is -2.52.